The maximum atomic E-state index is 12.9. The van der Waals surface area contributed by atoms with Crippen LogP contribution in [0.25, 0.3) is 0 Å². The third-order valence-corrected chi connectivity index (χ3v) is 6.17. The summed E-state index contributed by atoms with van der Waals surface area (Å²) in [6.45, 7) is 1.69. The topological polar surface area (TPSA) is 52.7 Å². The first-order valence-electron chi connectivity index (χ1n) is 10.8. The molecule has 0 spiro atoms. The molecule has 8 heteroatoms. The lowest BCUT2D eigenvalue weighted by atomic mass is 9.99. The molecule has 0 radical (unpaired) electrons. The summed E-state index contributed by atoms with van der Waals surface area (Å²) in [7, 11) is 2.07. The molecule has 1 N–H and O–H groups in total. The van der Waals surface area contributed by atoms with Gasteiger partial charge in [0.1, 0.15) is 0 Å². The van der Waals surface area contributed by atoms with E-state index in [1.807, 2.05) is 6.07 Å². The standard InChI is InChI=1S/C24H26F3N3O2/c1-29-9-3-5-18-10-16(7-8-21(18)29)13-28-23(32)19-12-22(31)30(15-19)14-17-4-2-6-20(11-17)24(25,26)27/h2,4,6-8,10-11,19H,3,5,9,12-15H2,1H3,(H,28,32). The number of hydrogen-bond acceptors (Lipinski definition) is 3. The summed E-state index contributed by atoms with van der Waals surface area (Å²) in [5.74, 6) is -0.934. The zero-order valence-electron chi connectivity index (χ0n) is 17.9. The molecule has 4 rings (SSSR count). The number of rotatable bonds is 5. The van der Waals surface area contributed by atoms with Crippen LogP contribution in [0, 0.1) is 5.92 Å². The van der Waals surface area contributed by atoms with Gasteiger partial charge in [0.05, 0.1) is 11.5 Å². The first-order valence-corrected chi connectivity index (χ1v) is 10.8. The number of nitrogens with one attached hydrogen (secondary N) is 1. The number of alkyl halides is 3. The molecule has 1 atom stereocenters. The SMILES string of the molecule is CN1CCCc2cc(CNC(=O)C3CC(=O)N(Cc4cccc(C(F)(F)F)c4)C3)ccc21. The monoisotopic (exact) mass is 445 g/mol. The molecule has 2 aromatic carbocycles. The van der Waals surface area contributed by atoms with Crippen LogP contribution in [0.5, 0.6) is 0 Å². The Labute approximate surface area is 185 Å². The molecule has 0 bridgehead atoms. The fraction of sp³-hybridized carbons (Fsp3) is 0.417. The van der Waals surface area contributed by atoms with Crippen molar-refractivity contribution in [3.8, 4) is 0 Å². The van der Waals surface area contributed by atoms with Crippen LogP contribution in [0.3, 0.4) is 0 Å². The molecule has 5 nitrogen and oxygen atoms in total. The van der Waals surface area contributed by atoms with Crippen molar-refractivity contribution in [2.75, 3.05) is 25.0 Å². The maximum absolute atomic E-state index is 12.9. The lowest BCUT2D eigenvalue weighted by Gasteiger charge is -2.27. The summed E-state index contributed by atoms with van der Waals surface area (Å²) in [5, 5.41) is 2.91. The predicted molar refractivity (Wildman–Crippen MR) is 115 cm³/mol. The Hall–Kier alpha value is -3.03. The Bertz CT molecular complexity index is 1020. The van der Waals surface area contributed by atoms with E-state index in [9.17, 15) is 22.8 Å². The first-order chi connectivity index (χ1) is 15.2. The number of hydrogen-bond donors (Lipinski definition) is 1. The zero-order valence-corrected chi connectivity index (χ0v) is 17.9. The molecule has 0 aromatic heterocycles. The zero-order chi connectivity index (χ0) is 22.9. The molecule has 2 aromatic rings. The van der Waals surface area contributed by atoms with Crippen LogP contribution in [-0.4, -0.2) is 36.9 Å². The molecule has 1 unspecified atom stereocenters. The van der Waals surface area contributed by atoms with E-state index < -0.39 is 17.7 Å². The van der Waals surface area contributed by atoms with Gasteiger partial charge < -0.3 is 15.1 Å². The highest BCUT2D eigenvalue weighted by Gasteiger charge is 2.35. The van der Waals surface area contributed by atoms with Crippen LogP contribution >= 0.6 is 0 Å². The van der Waals surface area contributed by atoms with Crippen molar-refractivity contribution >= 4 is 17.5 Å². The molecular weight excluding hydrogens is 419 g/mol. The van der Waals surface area contributed by atoms with Gasteiger partial charge in [0.2, 0.25) is 11.8 Å². The van der Waals surface area contributed by atoms with Crippen LogP contribution in [-0.2, 0) is 35.3 Å². The van der Waals surface area contributed by atoms with Gasteiger partial charge >= 0.3 is 6.18 Å². The second-order valence-electron chi connectivity index (χ2n) is 8.58. The van der Waals surface area contributed by atoms with Crippen LogP contribution in [0.1, 0.15) is 35.1 Å². The Kier molecular flexibility index (Phi) is 6.13. The van der Waals surface area contributed by atoms with E-state index in [4.69, 9.17) is 0 Å². The van der Waals surface area contributed by atoms with Crippen LogP contribution < -0.4 is 10.2 Å². The second-order valence-corrected chi connectivity index (χ2v) is 8.58. The van der Waals surface area contributed by atoms with Crippen molar-refractivity contribution in [3.63, 3.8) is 0 Å². The van der Waals surface area contributed by atoms with Gasteiger partial charge in [-0.15, -0.1) is 0 Å². The van der Waals surface area contributed by atoms with E-state index in [1.165, 1.54) is 22.2 Å². The van der Waals surface area contributed by atoms with E-state index in [0.29, 0.717) is 12.1 Å². The molecule has 170 valence electrons. The van der Waals surface area contributed by atoms with Crippen molar-refractivity contribution in [3.05, 3.63) is 64.7 Å². The fourth-order valence-electron chi connectivity index (χ4n) is 4.45. The molecule has 2 heterocycles. The first kappa shape index (κ1) is 22.2. The number of amides is 2. The number of halogens is 3. The maximum Gasteiger partial charge on any atom is 0.416 e. The second kappa shape index (κ2) is 8.84. The Balaban J connectivity index is 1.33. The number of aryl methyl sites for hydroxylation is 1. The number of anilines is 1. The highest BCUT2D eigenvalue weighted by molar-refractivity contribution is 5.89. The lowest BCUT2D eigenvalue weighted by Crippen LogP contribution is -2.32. The number of benzene rings is 2. The van der Waals surface area contributed by atoms with Gasteiger partial charge in [-0.25, -0.2) is 0 Å². The Morgan fingerprint density at radius 2 is 1.97 bits per heavy atom. The summed E-state index contributed by atoms with van der Waals surface area (Å²) < 4.78 is 38.8. The van der Waals surface area contributed by atoms with Gasteiger partial charge in [-0.05, 0) is 47.7 Å². The number of carbonyl (C=O) groups excluding carboxylic acids is 2. The van der Waals surface area contributed by atoms with Gasteiger partial charge in [-0.3, -0.25) is 9.59 Å². The molecule has 1 saturated heterocycles. The highest BCUT2D eigenvalue weighted by Crippen LogP contribution is 2.30. The number of nitrogens with zero attached hydrogens (tertiary/aromatic N) is 2. The number of carbonyl (C=O) groups is 2. The van der Waals surface area contributed by atoms with Gasteiger partial charge in [-0.2, -0.15) is 13.2 Å². The molecule has 1 fully saturated rings. The molecule has 32 heavy (non-hydrogen) atoms. The molecule has 2 amide bonds. The summed E-state index contributed by atoms with van der Waals surface area (Å²) in [6.07, 6.45) is -2.24. The molecule has 2 aliphatic rings. The van der Waals surface area contributed by atoms with Crippen molar-refractivity contribution in [1.29, 1.82) is 0 Å². The summed E-state index contributed by atoms with van der Waals surface area (Å²) >= 11 is 0. The molecular formula is C24H26F3N3O2. The van der Waals surface area contributed by atoms with Crippen LogP contribution in [0.4, 0.5) is 18.9 Å². The lowest BCUT2D eigenvalue weighted by molar-refractivity contribution is -0.137. The van der Waals surface area contributed by atoms with E-state index in [1.54, 1.807) is 6.07 Å². The third-order valence-electron chi connectivity index (χ3n) is 6.17. The Morgan fingerprint density at radius 3 is 2.75 bits per heavy atom. The summed E-state index contributed by atoms with van der Waals surface area (Å²) in [5.41, 5.74) is 3.16. The van der Waals surface area contributed by atoms with Crippen molar-refractivity contribution in [2.45, 2.75) is 38.5 Å². The molecule has 0 saturated carbocycles. The van der Waals surface area contributed by atoms with Crippen molar-refractivity contribution in [1.82, 2.24) is 10.2 Å². The highest BCUT2D eigenvalue weighted by atomic mass is 19.4. The largest absolute Gasteiger partial charge is 0.416 e. The van der Waals surface area contributed by atoms with Crippen molar-refractivity contribution in [2.24, 2.45) is 5.92 Å². The average Bonchev–Trinajstić information content (AvgIpc) is 3.12. The molecule has 0 aliphatic carbocycles. The van der Waals surface area contributed by atoms with E-state index >= 15 is 0 Å². The van der Waals surface area contributed by atoms with Gasteiger partial charge in [0.15, 0.2) is 0 Å². The van der Waals surface area contributed by atoms with E-state index in [-0.39, 0.29) is 31.3 Å². The van der Waals surface area contributed by atoms with Gasteiger partial charge in [-0.1, -0.05) is 24.3 Å². The Morgan fingerprint density at radius 1 is 1.16 bits per heavy atom. The van der Waals surface area contributed by atoms with Crippen molar-refractivity contribution < 1.29 is 22.8 Å². The van der Waals surface area contributed by atoms with Gasteiger partial charge in [0, 0.05) is 45.3 Å². The van der Waals surface area contributed by atoms with Crippen LogP contribution in [0.15, 0.2) is 42.5 Å². The van der Waals surface area contributed by atoms with E-state index in [2.05, 4.69) is 29.4 Å². The molecule has 2 aliphatic heterocycles. The smallest absolute Gasteiger partial charge is 0.374 e. The average molecular weight is 445 g/mol. The predicted octanol–water partition coefficient (Wildman–Crippen LogP) is 3.75. The van der Waals surface area contributed by atoms with Crippen LogP contribution in [0.2, 0.25) is 0 Å². The minimum absolute atomic E-state index is 0.0604. The summed E-state index contributed by atoms with van der Waals surface area (Å²) in [6, 6.07) is 11.1. The summed E-state index contributed by atoms with van der Waals surface area (Å²) in [4.78, 5) is 28.7. The third kappa shape index (κ3) is 4.89. The van der Waals surface area contributed by atoms with E-state index in [0.717, 1.165) is 37.1 Å². The normalized spacial score (nSPS) is 18.6. The number of fused-ring (bicyclic) bond motifs is 1. The van der Waals surface area contributed by atoms with Gasteiger partial charge in [0.25, 0.3) is 0 Å². The number of likely N-dealkylation sites (tertiary alicyclic amines) is 1. The minimum atomic E-state index is -4.43. The minimum Gasteiger partial charge on any atom is -0.374 e. The quantitative estimate of drug-likeness (QED) is 0.763. The fourth-order valence-corrected chi connectivity index (χ4v) is 4.45.